The van der Waals surface area contributed by atoms with Crippen molar-refractivity contribution in [1.82, 2.24) is 9.88 Å². The van der Waals surface area contributed by atoms with Gasteiger partial charge in [-0.2, -0.15) is 0 Å². The minimum atomic E-state index is -0.0901. The van der Waals surface area contributed by atoms with E-state index in [2.05, 4.69) is 36.2 Å². The number of benzene rings is 2. The van der Waals surface area contributed by atoms with Gasteiger partial charge in [-0.25, -0.2) is 9.78 Å². The number of piperazine rings is 1. The molecule has 2 aromatic carbocycles. The summed E-state index contributed by atoms with van der Waals surface area (Å²) in [5.41, 5.74) is 4.28. The van der Waals surface area contributed by atoms with Crippen LogP contribution in [0.4, 0.5) is 15.6 Å². The molecule has 0 radical (unpaired) electrons. The van der Waals surface area contributed by atoms with Crippen molar-refractivity contribution < 1.29 is 4.79 Å². The predicted octanol–water partition coefficient (Wildman–Crippen LogP) is 4.92. The summed E-state index contributed by atoms with van der Waals surface area (Å²) >= 11 is 7.71. The van der Waals surface area contributed by atoms with Crippen molar-refractivity contribution in [2.45, 2.75) is 13.8 Å². The Morgan fingerprint density at radius 1 is 1.15 bits per heavy atom. The highest BCUT2D eigenvalue weighted by molar-refractivity contribution is 7.22. The Morgan fingerprint density at radius 2 is 1.93 bits per heavy atom. The van der Waals surface area contributed by atoms with Crippen LogP contribution < -0.4 is 10.2 Å². The standard InChI is InChI=1S/C20H21ClN4OS/c1-13-10-14(2)18-17(11-13)27-20(23-18)25-8-6-24(7-9-25)19(26)22-16-5-3-4-15(21)12-16/h3-5,10-12H,6-9H2,1-2H3,(H,22,26). The molecule has 0 atom stereocenters. The molecule has 1 aliphatic heterocycles. The average Bonchev–Trinajstić information content (AvgIpc) is 3.06. The molecule has 0 saturated carbocycles. The molecule has 1 aliphatic rings. The van der Waals surface area contributed by atoms with Crippen LogP contribution in [0.3, 0.4) is 0 Å². The molecule has 1 aromatic heterocycles. The summed E-state index contributed by atoms with van der Waals surface area (Å²) < 4.78 is 1.23. The summed E-state index contributed by atoms with van der Waals surface area (Å²) in [6.07, 6.45) is 0. The first-order valence-electron chi connectivity index (χ1n) is 8.94. The molecule has 0 unspecified atom stereocenters. The SMILES string of the molecule is Cc1cc(C)c2nc(N3CCN(C(=O)Nc4cccc(Cl)c4)CC3)sc2c1. The van der Waals surface area contributed by atoms with E-state index in [0.29, 0.717) is 23.8 Å². The lowest BCUT2D eigenvalue weighted by molar-refractivity contribution is 0.208. The topological polar surface area (TPSA) is 48.5 Å². The normalized spacial score (nSPS) is 14.6. The highest BCUT2D eigenvalue weighted by atomic mass is 35.5. The van der Waals surface area contributed by atoms with E-state index in [0.717, 1.165) is 23.7 Å². The lowest BCUT2D eigenvalue weighted by Crippen LogP contribution is -2.50. The van der Waals surface area contributed by atoms with E-state index in [1.807, 2.05) is 17.0 Å². The number of carbonyl (C=O) groups excluding carboxylic acids is 1. The molecule has 3 aromatic rings. The van der Waals surface area contributed by atoms with Crippen molar-refractivity contribution in [2.24, 2.45) is 0 Å². The number of amides is 2. The van der Waals surface area contributed by atoms with E-state index >= 15 is 0 Å². The largest absolute Gasteiger partial charge is 0.345 e. The van der Waals surface area contributed by atoms with Crippen molar-refractivity contribution in [3.63, 3.8) is 0 Å². The molecule has 0 spiro atoms. The third kappa shape index (κ3) is 3.87. The third-order valence-corrected chi connectivity index (χ3v) is 6.03. The lowest BCUT2D eigenvalue weighted by Gasteiger charge is -2.34. The number of halogens is 1. The maximum absolute atomic E-state index is 12.5. The minimum Gasteiger partial charge on any atom is -0.345 e. The van der Waals surface area contributed by atoms with Gasteiger partial charge in [0.15, 0.2) is 5.13 Å². The molecule has 7 heteroatoms. The van der Waals surface area contributed by atoms with Gasteiger partial charge >= 0.3 is 6.03 Å². The average molecular weight is 401 g/mol. The van der Waals surface area contributed by atoms with Gasteiger partial charge in [0, 0.05) is 36.9 Å². The number of anilines is 2. The van der Waals surface area contributed by atoms with Gasteiger partial charge in [0.1, 0.15) is 0 Å². The number of nitrogens with zero attached hydrogens (tertiary/aromatic N) is 3. The smallest absolute Gasteiger partial charge is 0.321 e. The van der Waals surface area contributed by atoms with Crippen molar-refractivity contribution >= 4 is 50.0 Å². The van der Waals surface area contributed by atoms with E-state index in [-0.39, 0.29) is 6.03 Å². The first-order chi connectivity index (χ1) is 13.0. The van der Waals surface area contributed by atoms with Crippen LogP contribution in [-0.2, 0) is 0 Å². The molecule has 27 heavy (non-hydrogen) atoms. The van der Waals surface area contributed by atoms with Crippen LogP contribution in [0.5, 0.6) is 0 Å². The number of thiazole rings is 1. The highest BCUT2D eigenvalue weighted by Gasteiger charge is 2.23. The third-order valence-electron chi connectivity index (χ3n) is 4.73. The zero-order valence-electron chi connectivity index (χ0n) is 15.3. The van der Waals surface area contributed by atoms with Gasteiger partial charge in [0.25, 0.3) is 0 Å². The molecule has 2 amide bonds. The fourth-order valence-electron chi connectivity index (χ4n) is 3.36. The number of hydrogen-bond donors (Lipinski definition) is 1. The highest BCUT2D eigenvalue weighted by Crippen LogP contribution is 2.32. The maximum Gasteiger partial charge on any atom is 0.321 e. The molecule has 2 heterocycles. The van der Waals surface area contributed by atoms with E-state index in [1.54, 1.807) is 23.5 Å². The Kier molecular flexibility index (Phi) is 4.93. The van der Waals surface area contributed by atoms with Gasteiger partial charge < -0.3 is 15.1 Å². The van der Waals surface area contributed by atoms with Gasteiger partial charge in [0.05, 0.1) is 10.2 Å². The second-order valence-electron chi connectivity index (χ2n) is 6.84. The Labute approximate surface area is 167 Å². The Hall–Kier alpha value is -2.31. The fourth-order valence-corrected chi connectivity index (χ4v) is 4.75. The van der Waals surface area contributed by atoms with Crippen LogP contribution in [-0.4, -0.2) is 42.1 Å². The molecular formula is C20H21ClN4OS. The summed E-state index contributed by atoms with van der Waals surface area (Å²) in [6, 6.07) is 11.5. The first-order valence-corrected chi connectivity index (χ1v) is 10.1. The number of aromatic nitrogens is 1. The zero-order chi connectivity index (χ0) is 19.0. The molecule has 1 saturated heterocycles. The second-order valence-corrected chi connectivity index (χ2v) is 8.29. The van der Waals surface area contributed by atoms with Crippen LogP contribution in [0.15, 0.2) is 36.4 Å². The lowest BCUT2D eigenvalue weighted by atomic mass is 10.1. The molecule has 1 fully saturated rings. The van der Waals surface area contributed by atoms with Crippen LogP contribution in [0.2, 0.25) is 5.02 Å². The monoisotopic (exact) mass is 400 g/mol. The summed E-state index contributed by atoms with van der Waals surface area (Å²) in [5.74, 6) is 0. The molecule has 140 valence electrons. The van der Waals surface area contributed by atoms with E-state index in [4.69, 9.17) is 16.6 Å². The first kappa shape index (κ1) is 18.1. The second kappa shape index (κ2) is 7.37. The Bertz CT molecular complexity index is 995. The number of rotatable bonds is 2. The van der Waals surface area contributed by atoms with Crippen molar-refractivity contribution in [3.05, 3.63) is 52.5 Å². The molecule has 5 nitrogen and oxygen atoms in total. The summed E-state index contributed by atoms with van der Waals surface area (Å²) in [7, 11) is 0. The number of carbonyl (C=O) groups is 1. The fraction of sp³-hybridized carbons (Fsp3) is 0.300. The zero-order valence-corrected chi connectivity index (χ0v) is 16.9. The molecular weight excluding hydrogens is 380 g/mol. The summed E-state index contributed by atoms with van der Waals surface area (Å²) in [6.45, 7) is 7.11. The molecule has 0 bridgehead atoms. The van der Waals surface area contributed by atoms with E-state index in [1.165, 1.54) is 15.8 Å². The van der Waals surface area contributed by atoms with Gasteiger partial charge in [-0.1, -0.05) is 35.1 Å². The Balaban J connectivity index is 1.41. The number of urea groups is 1. The molecule has 4 rings (SSSR count). The van der Waals surface area contributed by atoms with Gasteiger partial charge in [-0.15, -0.1) is 0 Å². The summed E-state index contributed by atoms with van der Waals surface area (Å²) in [4.78, 5) is 21.4. The van der Waals surface area contributed by atoms with Crippen LogP contribution >= 0.6 is 22.9 Å². The van der Waals surface area contributed by atoms with Gasteiger partial charge in [-0.3, -0.25) is 0 Å². The van der Waals surface area contributed by atoms with Crippen LogP contribution in [0.25, 0.3) is 10.2 Å². The van der Waals surface area contributed by atoms with Crippen molar-refractivity contribution in [2.75, 3.05) is 36.4 Å². The maximum atomic E-state index is 12.5. The van der Waals surface area contributed by atoms with Crippen LogP contribution in [0.1, 0.15) is 11.1 Å². The quantitative estimate of drug-likeness (QED) is 0.664. The minimum absolute atomic E-state index is 0.0901. The number of fused-ring (bicyclic) bond motifs is 1. The molecule has 1 N–H and O–H groups in total. The number of hydrogen-bond acceptors (Lipinski definition) is 4. The van der Waals surface area contributed by atoms with Gasteiger partial charge in [-0.05, 0) is 49.2 Å². The van der Waals surface area contributed by atoms with Crippen molar-refractivity contribution in [3.8, 4) is 0 Å². The molecule has 0 aliphatic carbocycles. The van der Waals surface area contributed by atoms with Crippen molar-refractivity contribution in [1.29, 1.82) is 0 Å². The number of aryl methyl sites for hydroxylation is 2. The van der Waals surface area contributed by atoms with Gasteiger partial charge in [0.2, 0.25) is 0 Å². The predicted molar refractivity (Wildman–Crippen MR) is 113 cm³/mol. The summed E-state index contributed by atoms with van der Waals surface area (Å²) in [5, 5.41) is 4.56. The number of nitrogens with one attached hydrogen (secondary N) is 1. The Morgan fingerprint density at radius 3 is 2.67 bits per heavy atom. The van der Waals surface area contributed by atoms with Crippen LogP contribution in [0, 0.1) is 13.8 Å². The van der Waals surface area contributed by atoms with E-state index in [9.17, 15) is 4.79 Å². The van der Waals surface area contributed by atoms with E-state index < -0.39 is 0 Å².